The summed E-state index contributed by atoms with van der Waals surface area (Å²) in [4.78, 5) is 0. The van der Waals surface area contributed by atoms with Crippen molar-refractivity contribution in [1.82, 2.24) is 8.61 Å². The van der Waals surface area contributed by atoms with Crippen molar-refractivity contribution in [2.24, 2.45) is 5.92 Å². The van der Waals surface area contributed by atoms with Crippen molar-refractivity contribution in [2.75, 3.05) is 25.5 Å². The average molecular weight is 335 g/mol. The van der Waals surface area contributed by atoms with Gasteiger partial charge in [-0.3, -0.25) is 0 Å². The quantitative estimate of drug-likeness (QED) is 0.723. The van der Waals surface area contributed by atoms with E-state index in [1.807, 2.05) is 0 Å². The zero-order chi connectivity index (χ0) is 15.0. The molecule has 2 rings (SSSR count). The lowest BCUT2D eigenvalue weighted by molar-refractivity contribution is -0.137. The van der Waals surface area contributed by atoms with E-state index in [1.165, 1.54) is 0 Å². The van der Waals surface area contributed by atoms with Gasteiger partial charge >= 0.3 is 6.18 Å². The summed E-state index contributed by atoms with van der Waals surface area (Å²) in [6, 6.07) is -0.502. The number of hydrogen-bond acceptors (Lipinski definition) is 2. The summed E-state index contributed by atoms with van der Waals surface area (Å²) < 4.78 is 64.4. The van der Waals surface area contributed by atoms with E-state index in [4.69, 9.17) is 11.6 Å². The predicted molar refractivity (Wildman–Crippen MR) is 69.7 cm³/mol. The molecule has 2 fully saturated rings. The largest absolute Gasteiger partial charge is 0.402 e. The highest BCUT2D eigenvalue weighted by Crippen LogP contribution is 2.34. The molecule has 0 bridgehead atoms. The van der Waals surface area contributed by atoms with Crippen LogP contribution in [0.15, 0.2) is 0 Å². The van der Waals surface area contributed by atoms with Gasteiger partial charge in [-0.2, -0.15) is 30.2 Å². The Morgan fingerprint density at radius 1 is 1.25 bits per heavy atom. The molecule has 118 valence electrons. The second-order valence-electron chi connectivity index (χ2n) is 5.42. The summed E-state index contributed by atoms with van der Waals surface area (Å²) in [6.45, 7) is -0.911. The molecule has 0 aromatic carbocycles. The fourth-order valence-corrected chi connectivity index (χ4v) is 4.65. The van der Waals surface area contributed by atoms with Crippen LogP contribution in [-0.2, 0) is 10.2 Å². The van der Waals surface area contributed by atoms with Gasteiger partial charge in [0.15, 0.2) is 0 Å². The topological polar surface area (TPSA) is 40.6 Å². The Morgan fingerprint density at radius 2 is 1.90 bits per heavy atom. The van der Waals surface area contributed by atoms with Crippen LogP contribution in [-0.4, -0.2) is 54.8 Å². The van der Waals surface area contributed by atoms with Crippen molar-refractivity contribution in [3.63, 3.8) is 0 Å². The van der Waals surface area contributed by atoms with Crippen molar-refractivity contribution in [2.45, 2.75) is 37.9 Å². The van der Waals surface area contributed by atoms with Crippen molar-refractivity contribution < 1.29 is 21.6 Å². The molecule has 0 spiro atoms. The van der Waals surface area contributed by atoms with Crippen LogP contribution in [0.5, 0.6) is 0 Å². The van der Waals surface area contributed by atoms with Crippen LogP contribution >= 0.6 is 11.6 Å². The Balaban J connectivity index is 2.13. The van der Waals surface area contributed by atoms with E-state index < -0.39 is 29.0 Å². The van der Waals surface area contributed by atoms with E-state index in [0.717, 1.165) is 10.7 Å². The van der Waals surface area contributed by atoms with E-state index in [2.05, 4.69) is 0 Å². The summed E-state index contributed by atoms with van der Waals surface area (Å²) in [5.74, 6) is 0.349. The smallest absolute Gasteiger partial charge is 0.195 e. The van der Waals surface area contributed by atoms with Crippen LogP contribution in [0, 0.1) is 5.92 Å². The van der Waals surface area contributed by atoms with Crippen LogP contribution in [0.2, 0.25) is 0 Å². The lowest BCUT2D eigenvalue weighted by Gasteiger charge is -2.35. The third kappa shape index (κ3) is 3.99. The first-order chi connectivity index (χ1) is 9.24. The molecule has 1 saturated heterocycles. The molecule has 0 amide bonds. The lowest BCUT2D eigenvalue weighted by atomic mass is 10.0. The number of rotatable bonds is 5. The summed E-state index contributed by atoms with van der Waals surface area (Å²) in [5, 5.41) is 0. The van der Waals surface area contributed by atoms with Gasteiger partial charge in [0, 0.05) is 25.0 Å². The molecule has 1 atom stereocenters. The molecule has 1 heterocycles. The highest BCUT2D eigenvalue weighted by Gasteiger charge is 2.46. The molecule has 0 N–H and O–H groups in total. The van der Waals surface area contributed by atoms with Gasteiger partial charge < -0.3 is 0 Å². The minimum atomic E-state index is -4.52. The standard InChI is InChI=1S/C11H18ClF3N2O2S/c12-6-9-2-1-5-16(7-9)20(18,19)17(10-3-4-10)8-11(13,14)15/h9-10H,1-8H2. The molecule has 0 radical (unpaired) electrons. The summed E-state index contributed by atoms with van der Waals surface area (Å²) in [5.41, 5.74) is 0. The van der Waals surface area contributed by atoms with E-state index in [1.54, 1.807) is 0 Å². The van der Waals surface area contributed by atoms with Crippen LogP contribution < -0.4 is 0 Å². The van der Waals surface area contributed by atoms with Gasteiger partial charge in [0.25, 0.3) is 10.2 Å². The lowest BCUT2D eigenvalue weighted by Crippen LogP contribution is -2.51. The van der Waals surface area contributed by atoms with Crippen LogP contribution in [0.1, 0.15) is 25.7 Å². The molecule has 1 unspecified atom stereocenters. The minimum Gasteiger partial charge on any atom is -0.195 e. The van der Waals surface area contributed by atoms with Crippen molar-refractivity contribution in [3.8, 4) is 0 Å². The van der Waals surface area contributed by atoms with E-state index in [-0.39, 0.29) is 19.0 Å². The highest BCUT2D eigenvalue weighted by atomic mass is 35.5. The summed E-state index contributed by atoms with van der Waals surface area (Å²) in [7, 11) is -4.05. The van der Waals surface area contributed by atoms with Gasteiger partial charge in [-0.25, -0.2) is 0 Å². The van der Waals surface area contributed by atoms with Gasteiger partial charge in [0.1, 0.15) is 6.54 Å². The Hall–Kier alpha value is -0.0500. The molecule has 0 aromatic heterocycles. The van der Waals surface area contributed by atoms with Gasteiger partial charge in [-0.05, 0) is 31.6 Å². The molecule has 1 aliphatic heterocycles. The SMILES string of the molecule is O=S(=O)(N1CCCC(CCl)C1)N(CC(F)(F)F)C1CC1. The Bertz CT molecular complexity index is 439. The fraction of sp³-hybridized carbons (Fsp3) is 1.00. The average Bonchev–Trinajstić information content (AvgIpc) is 3.19. The van der Waals surface area contributed by atoms with Gasteiger partial charge in [0.2, 0.25) is 0 Å². The zero-order valence-corrected chi connectivity index (χ0v) is 12.5. The van der Waals surface area contributed by atoms with Crippen LogP contribution in [0.25, 0.3) is 0 Å². The number of alkyl halides is 4. The Morgan fingerprint density at radius 3 is 2.40 bits per heavy atom. The first-order valence-electron chi connectivity index (χ1n) is 6.63. The maximum absolute atomic E-state index is 12.6. The fourth-order valence-electron chi connectivity index (χ4n) is 2.45. The first kappa shape index (κ1) is 16.3. The number of halogens is 4. The molecule has 1 saturated carbocycles. The summed E-state index contributed by atoms with van der Waals surface area (Å²) >= 11 is 5.74. The highest BCUT2D eigenvalue weighted by molar-refractivity contribution is 7.86. The third-order valence-corrected chi connectivity index (χ3v) is 6.05. The van der Waals surface area contributed by atoms with Crippen molar-refractivity contribution in [1.29, 1.82) is 0 Å². The minimum absolute atomic E-state index is 0.0205. The van der Waals surface area contributed by atoms with Crippen LogP contribution in [0.4, 0.5) is 13.2 Å². The normalized spacial score (nSPS) is 26.1. The molecular formula is C11H18ClF3N2O2S. The molecular weight excluding hydrogens is 317 g/mol. The van der Waals surface area contributed by atoms with E-state index in [9.17, 15) is 21.6 Å². The zero-order valence-electron chi connectivity index (χ0n) is 10.9. The molecule has 0 aromatic rings. The monoisotopic (exact) mass is 334 g/mol. The van der Waals surface area contributed by atoms with E-state index >= 15 is 0 Å². The number of hydrogen-bond donors (Lipinski definition) is 0. The number of nitrogens with zero attached hydrogens (tertiary/aromatic N) is 2. The van der Waals surface area contributed by atoms with Crippen molar-refractivity contribution in [3.05, 3.63) is 0 Å². The van der Waals surface area contributed by atoms with Crippen LogP contribution in [0.3, 0.4) is 0 Å². The Kier molecular flexibility index (Phi) is 4.88. The van der Waals surface area contributed by atoms with Crippen molar-refractivity contribution >= 4 is 21.8 Å². The summed E-state index contributed by atoms with van der Waals surface area (Å²) in [6.07, 6.45) is -2.05. The second-order valence-corrected chi connectivity index (χ2v) is 7.61. The van der Waals surface area contributed by atoms with Gasteiger partial charge in [0.05, 0.1) is 0 Å². The predicted octanol–water partition coefficient (Wildman–Crippen LogP) is 2.21. The van der Waals surface area contributed by atoms with E-state index in [0.29, 0.717) is 29.4 Å². The molecule has 2 aliphatic rings. The maximum Gasteiger partial charge on any atom is 0.402 e. The van der Waals surface area contributed by atoms with Gasteiger partial charge in [-0.15, -0.1) is 11.6 Å². The first-order valence-corrected chi connectivity index (χ1v) is 8.57. The molecule has 4 nitrogen and oxygen atoms in total. The van der Waals surface area contributed by atoms with Gasteiger partial charge in [-0.1, -0.05) is 0 Å². The maximum atomic E-state index is 12.6. The molecule has 20 heavy (non-hydrogen) atoms. The number of piperidine rings is 1. The molecule has 9 heteroatoms. The molecule has 1 aliphatic carbocycles. The second kappa shape index (κ2) is 5.98. The Labute approximate surface area is 122 Å². The third-order valence-electron chi connectivity index (χ3n) is 3.61.